The van der Waals surface area contributed by atoms with Crippen LogP contribution in [0.2, 0.25) is 0 Å². The molecule has 2 saturated heterocycles. The highest BCUT2D eigenvalue weighted by Crippen LogP contribution is 2.30. The number of sulfonamides is 1. The minimum absolute atomic E-state index is 0.0521. The number of fused-ring (bicyclic) bond motifs is 2. The molecule has 2 aliphatic rings. The van der Waals surface area contributed by atoms with E-state index in [-0.39, 0.29) is 17.1 Å². The number of benzene rings is 1. The summed E-state index contributed by atoms with van der Waals surface area (Å²) in [6, 6.07) is 4.91. The average Bonchev–Trinajstić information content (AvgIpc) is 2.71. The van der Waals surface area contributed by atoms with Crippen LogP contribution < -0.4 is 5.73 Å². The van der Waals surface area contributed by atoms with E-state index in [0.29, 0.717) is 18.8 Å². The Morgan fingerprint density at radius 3 is 2.47 bits per heavy atom. The minimum Gasteiger partial charge on any atom is -0.398 e. The summed E-state index contributed by atoms with van der Waals surface area (Å²) in [7, 11) is -3.45. The van der Waals surface area contributed by atoms with Crippen molar-refractivity contribution in [2.75, 3.05) is 18.8 Å². The van der Waals surface area contributed by atoms with E-state index >= 15 is 0 Å². The standard InChI is InChI=1S/C13H18N2O3S/c1-9-2-5-12(6-13(9)14)19(16,17)15-7-10-3-4-11(8-15)18-10/h2,5-6,10-11H,3-4,7-8,14H2,1H3. The van der Waals surface area contributed by atoms with Crippen molar-refractivity contribution in [2.24, 2.45) is 0 Å². The molecule has 0 spiro atoms. The Labute approximate surface area is 113 Å². The number of nitrogen functional groups attached to an aromatic ring is 1. The molecule has 0 radical (unpaired) electrons. The second-order valence-corrected chi connectivity index (χ2v) is 7.24. The lowest BCUT2D eigenvalue weighted by atomic mass is 10.2. The molecular weight excluding hydrogens is 264 g/mol. The number of nitrogens with zero attached hydrogens (tertiary/aromatic N) is 1. The van der Waals surface area contributed by atoms with Crippen LogP contribution in [0.25, 0.3) is 0 Å². The van der Waals surface area contributed by atoms with Crippen LogP contribution in [0.15, 0.2) is 23.1 Å². The van der Waals surface area contributed by atoms with Crippen molar-refractivity contribution in [2.45, 2.75) is 36.9 Å². The van der Waals surface area contributed by atoms with Gasteiger partial charge in [0.1, 0.15) is 0 Å². The quantitative estimate of drug-likeness (QED) is 0.825. The molecule has 0 aromatic heterocycles. The molecule has 1 aromatic rings. The minimum atomic E-state index is -3.45. The summed E-state index contributed by atoms with van der Waals surface area (Å²) < 4.78 is 32.4. The summed E-state index contributed by atoms with van der Waals surface area (Å²) in [4.78, 5) is 0.275. The number of hydrogen-bond donors (Lipinski definition) is 1. The van der Waals surface area contributed by atoms with Gasteiger partial charge in [-0.3, -0.25) is 0 Å². The van der Waals surface area contributed by atoms with Crippen molar-refractivity contribution in [1.82, 2.24) is 4.31 Å². The molecule has 2 unspecified atom stereocenters. The second-order valence-electron chi connectivity index (χ2n) is 5.30. The first-order valence-electron chi connectivity index (χ1n) is 6.48. The predicted molar refractivity (Wildman–Crippen MR) is 72.2 cm³/mol. The van der Waals surface area contributed by atoms with E-state index in [9.17, 15) is 8.42 Å². The molecule has 2 heterocycles. The molecule has 104 valence electrons. The Bertz CT molecular complexity index is 588. The van der Waals surface area contributed by atoms with Crippen LogP contribution in [-0.2, 0) is 14.8 Å². The van der Waals surface area contributed by atoms with Gasteiger partial charge in [-0.15, -0.1) is 0 Å². The number of rotatable bonds is 2. The molecule has 19 heavy (non-hydrogen) atoms. The van der Waals surface area contributed by atoms with Gasteiger partial charge in [-0.2, -0.15) is 4.31 Å². The van der Waals surface area contributed by atoms with Gasteiger partial charge in [0, 0.05) is 18.8 Å². The van der Waals surface area contributed by atoms with Crippen LogP contribution in [0.5, 0.6) is 0 Å². The zero-order chi connectivity index (χ0) is 13.6. The molecule has 2 N–H and O–H groups in total. The van der Waals surface area contributed by atoms with Gasteiger partial charge in [-0.05, 0) is 37.5 Å². The topological polar surface area (TPSA) is 72.6 Å². The van der Waals surface area contributed by atoms with Crippen LogP contribution in [0.4, 0.5) is 5.69 Å². The summed E-state index contributed by atoms with van der Waals surface area (Å²) in [6.45, 7) is 2.76. The first-order valence-corrected chi connectivity index (χ1v) is 7.92. The molecular formula is C13H18N2O3S. The van der Waals surface area contributed by atoms with Crippen molar-refractivity contribution >= 4 is 15.7 Å². The molecule has 0 saturated carbocycles. The average molecular weight is 282 g/mol. The van der Waals surface area contributed by atoms with Gasteiger partial charge in [0.25, 0.3) is 0 Å². The first-order chi connectivity index (χ1) is 8.96. The van der Waals surface area contributed by atoms with Crippen LogP contribution in [0.3, 0.4) is 0 Å². The SMILES string of the molecule is Cc1ccc(S(=O)(=O)N2CC3CCC(C2)O3)cc1N. The Hall–Kier alpha value is -1.11. The highest BCUT2D eigenvalue weighted by molar-refractivity contribution is 7.89. The van der Waals surface area contributed by atoms with Crippen molar-refractivity contribution in [3.8, 4) is 0 Å². The molecule has 5 nitrogen and oxygen atoms in total. The lowest BCUT2D eigenvalue weighted by Crippen LogP contribution is -2.45. The highest BCUT2D eigenvalue weighted by Gasteiger charge is 2.39. The third-order valence-corrected chi connectivity index (χ3v) is 5.73. The molecule has 2 aliphatic heterocycles. The van der Waals surface area contributed by atoms with Crippen molar-refractivity contribution < 1.29 is 13.2 Å². The van der Waals surface area contributed by atoms with Crippen molar-refractivity contribution in [1.29, 1.82) is 0 Å². The third-order valence-electron chi connectivity index (χ3n) is 3.90. The molecule has 1 aromatic carbocycles. The number of hydrogen-bond acceptors (Lipinski definition) is 4. The summed E-state index contributed by atoms with van der Waals surface area (Å²) in [6.07, 6.45) is 2.01. The Morgan fingerprint density at radius 1 is 1.26 bits per heavy atom. The van der Waals surface area contributed by atoms with E-state index in [4.69, 9.17) is 10.5 Å². The molecule has 3 rings (SSSR count). The summed E-state index contributed by atoms with van der Waals surface area (Å²) in [5.74, 6) is 0. The maximum Gasteiger partial charge on any atom is 0.243 e. The van der Waals surface area contributed by atoms with Gasteiger partial charge in [0.05, 0.1) is 17.1 Å². The van der Waals surface area contributed by atoms with E-state index in [2.05, 4.69) is 0 Å². The molecule has 2 bridgehead atoms. The molecule has 0 aliphatic carbocycles. The highest BCUT2D eigenvalue weighted by atomic mass is 32.2. The van der Waals surface area contributed by atoms with E-state index in [1.165, 1.54) is 4.31 Å². The van der Waals surface area contributed by atoms with Crippen LogP contribution in [-0.4, -0.2) is 38.0 Å². The van der Waals surface area contributed by atoms with Gasteiger partial charge in [-0.25, -0.2) is 8.42 Å². The summed E-state index contributed by atoms with van der Waals surface area (Å²) in [5.41, 5.74) is 7.21. The fourth-order valence-electron chi connectivity index (χ4n) is 2.70. The zero-order valence-corrected chi connectivity index (χ0v) is 11.7. The fraction of sp³-hybridized carbons (Fsp3) is 0.538. The normalized spacial score (nSPS) is 27.6. The zero-order valence-electron chi connectivity index (χ0n) is 10.9. The maximum atomic E-state index is 12.6. The van der Waals surface area contributed by atoms with Crippen LogP contribution in [0, 0.1) is 6.92 Å². The molecule has 2 fully saturated rings. The number of ether oxygens (including phenoxy) is 1. The van der Waals surface area contributed by atoms with Gasteiger partial charge >= 0.3 is 0 Å². The summed E-state index contributed by atoms with van der Waals surface area (Å²) >= 11 is 0. The predicted octanol–water partition coefficient (Wildman–Crippen LogP) is 1.13. The van der Waals surface area contributed by atoms with E-state index in [1.807, 2.05) is 6.92 Å². The van der Waals surface area contributed by atoms with E-state index in [0.717, 1.165) is 18.4 Å². The third kappa shape index (κ3) is 2.24. The number of nitrogens with two attached hydrogens (primary N) is 1. The monoisotopic (exact) mass is 282 g/mol. The lowest BCUT2D eigenvalue weighted by molar-refractivity contribution is -0.0114. The lowest BCUT2D eigenvalue weighted by Gasteiger charge is -2.31. The largest absolute Gasteiger partial charge is 0.398 e. The van der Waals surface area contributed by atoms with Crippen molar-refractivity contribution in [3.05, 3.63) is 23.8 Å². The fourth-order valence-corrected chi connectivity index (χ4v) is 4.24. The second kappa shape index (κ2) is 4.47. The van der Waals surface area contributed by atoms with Gasteiger partial charge in [0.15, 0.2) is 0 Å². The van der Waals surface area contributed by atoms with Crippen LogP contribution in [0.1, 0.15) is 18.4 Å². The first kappa shape index (κ1) is 12.9. The number of anilines is 1. The molecule has 0 amide bonds. The molecule has 6 heteroatoms. The van der Waals surface area contributed by atoms with Crippen LogP contribution >= 0.6 is 0 Å². The Kier molecular flexibility index (Phi) is 3.03. The number of morpholine rings is 1. The maximum absolute atomic E-state index is 12.6. The van der Waals surface area contributed by atoms with Gasteiger partial charge in [0.2, 0.25) is 10.0 Å². The van der Waals surface area contributed by atoms with Gasteiger partial charge < -0.3 is 10.5 Å². The molecule has 2 atom stereocenters. The Balaban J connectivity index is 1.91. The summed E-state index contributed by atoms with van der Waals surface area (Å²) in [5, 5.41) is 0. The van der Waals surface area contributed by atoms with E-state index in [1.54, 1.807) is 18.2 Å². The number of aryl methyl sites for hydroxylation is 1. The van der Waals surface area contributed by atoms with Crippen molar-refractivity contribution in [3.63, 3.8) is 0 Å². The van der Waals surface area contributed by atoms with E-state index < -0.39 is 10.0 Å². The smallest absolute Gasteiger partial charge is 0.243 e. The van der Waals surface area contributed by atoms with Gasteiger partial charge in [-0.1, -0.05) is 6.07 Å². The Morgan fingerprint density at radius 2 is 1.89 bits per heavy atom.